The molecule has 0 saturated heterocycles. The number of unbranched alkanes of at least 4 members (excludes halogenated alkanes) is 13. The highest BCUT2D eigenvalue weighted by Gasteiger charge is 2.48. The van der Waals surface area contributed by atoms with Crippen LogP contribution in [0, 0.1) is 0 Å². The first-order valence-corrected chi connectivity index (χ1v) is 15.0. The zero-order chi connectivity index (χ0) is 25.1. The Kier molecular flexibility index (Phi) is 18.6. The second kappa shape index (κ2) is 18.8. The van der Waals surface area contributed by atoms with Crippen molar-refractivity contribution in [3.63, 3.8) is 0 Å². The minimum Gasteiger partial charge on any atom is -0.373 e. The molecule has 0 heterocycles. The summed E-state index contributed by atoms with van der Waals surface area (Å²) in [5.41, 5.74) is 0. The molecular weight excluding hydrogens is 433 g/mol. The number of hydrogen-bond acceptors (Lipinski definition) is 2. The molecule has 0 saturated carbocycles. The summed E-state index contributed by atoms with van der Waals surface area (Å²) < 4.78 is 12.1. The molecule has 0 spiro atoms. The van der Waals surface area contributed by atoms with Gasteiger partial charge in [0.1, 0.15) is 6.54 Å². The molecule has 33 heavy (non-hydrogen) atoms. The van der Waals surface area contributed by atoms with Crippen LogP contribution in [0.1, 0.15) is 116 Å². The fourth-order valence-electron chi connectivity index (χ4n) is 4.16. The average Bonchev–Trinajstić information content (AvgIpc) is 2.70. The van der Waals surface area contributed by atoms with E-state index in [1.807, 2.05) is 21.1 Å². The van der Waals surface area contributed by atoms with Crippen molar-refractivity contribution >= 4 is 7.60 Å². The third-order valence-corrected chi connectivity index (χ3v) is 7.47. The van der Waals surface area contributed by atoms with E-state index < -0.39 is 12.9 Å². The monoisotopic (exact) mass is 488 g/mol. The van der Waals surface area contributed by atoms with Gasteiger partial charge in [0.05, 0.1) is 21.1 Å². The molecule has 0 amide bonds. The molecule has 0 aliphatic heterocycles. The van der Waals surface area contributed by atoms with Gasteiger partial charge in [0.15, 0.2) is 0 Å². The van der Waals surface area contributed by atoms with Crippen LogP contribution in [-0.4, -0.2) is 52.4 Å². The lowest BCUT2D eigenvalue weighted by atomic mass is 10.0. The van der Waals surface area contributed by atoms with Crippen molar-refractivity contribution < 1.29 is 23.9 Å². The number of rotatable bonds is 22. The van der Waals surface area contributed by atoms with Crippen LogP contribution in [0.2, 0.25) is 0 Å². The molecule has 196 valence electrons. The van der Waals surface area contributed by atoms with Gasteiger partial charge in [-0.2, -0.15) is 0 Å². The summed E-state index contributed by atoms with van der Waals surface area (Å²) >= 11 is 0. The molecule has 1 unspecified atom stereocenters. The molecule has 3 N–H and O–H groups in total. The predicted molar refractivity (Wildman–Crippen MR) is 142 cm³/mol. The minimum absolute atomic E-state index is 0.0571. The summed E-state index contributed by atoms with van der Waals surface area (Å²) in [6.07, 6.45) is 28.3. The van der Waals surface area contributed by atoms with E-state index in [2.05, 4.69) is 31.2 Å². The van der Waals surface area contributed by atoms with Crippen molar-refractivity contribution in [2.75, 3.05) is 27.7 Å². The third-order valence-electron chi connectivity index (χ3n) is 6.03. The summed E-state index contributed by atoms with van der Waals surface area (Å²) in [5.74, 6) is 0. The largest absolute Gasteiger partial charge is 0.373 e. The Labute approximate surface area is 205 Å². The fraction of sp³-hybridized carbons (Fsp3) is 0.852. The van der Waals surface area contributed by atoms with Crippen LogP contribution in [0.15, 0.2) is 24.3 Å². The maximum Gasteiger partial charge on any atom is 0.362 e. The van der Waals surface area contributed by atoms with Gasteiger partial charge in [0.25, 0.3) is 0 Å². The predicted octanol–water partition coefficient (Wildman–Crippen LogP) is 7.32. The molecule has 0 aliphatic rings. The highest BCUT2D eigenvalue weighted by Crippen LogP contribution is 2.52. The van der Waals surface area contributed by atoms with Crippen molar-refractivity contribution in [1.29, 1.82) is 0 Å². The SMILES string of the molecule is CCCCCC/C=C\CC/C=C\CCCCCCCCCCC(O)(C[N+](C)(C)C)P(=O)(O)O. The lowest BCUT2D eigenvalue weighted by Crippen LogP contribution is -2.49. The molecule has 0 aromatic rings. The molecule has 6 heteroatoms. The van der Waals surface area contributed by atoms with Gasteiger partial charge in [-0.3, -0.25) is 4.57 Å². The van der Waals surface area contributed by atoms with Gasteiger partial charge in [-0.25, -0.2) is 0 Å². The lowest BCUT2D eigenvalue weighted by molar-refractivity contribution is -0.875. The van der Waals surface area contributed by atoms with Gasteiger partial charge >= 0.3 is 7.60 Å². The van der Waals surface area contributed by atoms with Gasteiger partial charge in [0.2, 0.25) is 5.34 Å². The Hall–Kier alpha value is -0.450. The number of allylic oxidation sites excluding steroid dienone is 4. The standard InChI is InChI=1S/C27H54NO4P/c1-5-6-7-8-9-10-11-12-13-14-15-16-17-18-19-20-21-22-23-24-25-27(29,33(30,31)32)26-28(2,3)4/h10-11,14-15,29H,5-9,12-13,16-26H2,1-4H3,(H-,30,31,32)/p+1/b11-10-,15-14-. The Balaban J connectivity index is 3.63. The van der Waals surface area contributed by atoms with E-state index >= 15 is 0 Å². The van der Waals surface area contributed by atoms with E-state index in [1.165, 1.54) is 64.2 Å². The van der Waals surface area contributed by atoms with E-state index in [1.54, 1.807) is 0 Å². The number of nitrogens with zero attached hydrogens (tertiary/aromatic N) is 1. The van der Waals surface area contributed by atoms with Crippen LogP contribution in [0.4, 0.5) is 0 Å². The lowest BCUT2D eigenvalue weighted by Gasteiger charge is -2.35. The molecule has 0 radical (unpaired) electrons. The third kappa shape index (κ3) is 19.5. The topological polar surface area (TPSA) is 77.8 Å². The number of aliphatic hydroxyl groups is 1. The summed E-state index contributed by atoms with van der Waals surface area (Å²) in [5, 5.41) is 8.63. The molecule has 0 aliphatic carbocycles. The molecule has 0 fully saturated rings. The van der Waals surface area contributed by atoms with Gasteiger partial charge in [-0.05, 0) is 51.4 Å². The summed E-state index contributed by atoms with van der Waals surface area (Å²) in [6.45, 7) is 2.31. The van der Waals surface area contributed by atoms with Crippen molar-refractivity contribution in [2.45, 2.75) is 121 Å². The van der Waals surface area contributed by atoms with Crippen molar-refractivity contribution in [2.24, 2.45) is 0 Å². The Morgan fingerprint density at radius 3 is 1.48 bits per heavy atom. The molecule has 0 rings (SSSR count). The van der Waals surface area contributed by atoms with Crippen LogP contribution in [0.25, 0.3) is 0 Å². The highest BCUT2D eigenvalue weighted by atomic mass is 31.2. The molecule has 0 bridgehead atoms. The summed E-state index contributed by atoms with van der Waals surface area (Å²) in [4.78, 5) is 19.2. The number of quaternary nitrogens is 1. The van der Waals surface area contributed by atoms with Gasteiger partial charge in [-0.15, -0.1) is 0 Å². The minimum atomic E-state index is -4.55. The molecule has 0 aromatic carbocycles. The van der Waals surface area contributed by atoms with E-state index in [0.717, 1.165) is 32.1 Å². The van der Waals surface area contributed by atoms with E-state index in [4.69, 9.17) is 0 Å². The van der Waals surface area contributed by atoms with Crippen LogP contribution >= 0.6 is 7.60 Å². The first-order chi connectivity index (χ1) is 15.5. The molecule has 1 atom stereocenters. The smallest absolute Gasteiger partial charge is 0.362 e. The van der Waals surface area contributed by atoms with Gasteiger partial charge in [-0.1, -0.05) is 89.0 Å². The Morgan fingerprint density at radius 1 is 0.667 bits per heavy atom. The van der Waals surface area contributed by atoms with Crippen molar-refractivity contribution in [3.05, 3.63) is 24.3 Å². The van der Waals surface area contributed by atoms with Gasteiger partial charge < -0.3 is 19.4 Å². The second-order valence-electron chi connectivity index (χ2n) is 10.7. The maximum atomic E-state index is 11.8. The number of hydrogen-bond donors (Lipinski definition) is 3. The molecule has 0 aromatic heterocycles. The fourth-order valence-corrected chi connectivity index (χ4v) is 5.22. The van der Waals surface area contributed by atoms with Crippen molar-refractivity contribution in [3.8, 4) is 0 Å². The van der Waals surface area contributed by atoms with E-state index in [9.17, 15) is 19.5 Å². The second-order valence-corrected chi connectivity index (χ2v) is 12.6. The summed E-state index contributed by atoms with van der Waals surface area (Å²) in [6, 6.07) is 0. The zero-order valence-electron chi connectivity index (χ0n) is 22.2. The molecular formula is C27H55NO4P+. The Bertz CT molecular complexity index is 565. The van der Waals surface area contributed by atoms with Crippen molar-refractivity contribution in [1.82, 2.24) is 0 Å². The van der Waals surface area contributed by atoms with Crippen LogP contribution < -0.4 is 0 Å². The van der Waals surface area contributed by atoms with E-state index in [-0.39, 0.29) is 13.0 Å². The Morgan fingerprint density at radius 2 is 1.06 bits per heavy atom. The van der Waals surface area contributed by atoms with Gasteiger partial charge in [0, 0.05) is 0 Å². The normalized spacial score (nSPS) is 15.0. The van der Waals surface area contributed by atoms with Crippen LogP contribution in [0.5, 0.6) is 0 Å². The average molecular weight is 489 g/mol. The quantitative estimate of drug-likeness (QED) is 0.0645. The summed E-state index contributed by atoms with van der Waals surface area (Å²) in [7, 11) is 0.967. The van der Waals surface area contributed by atoms with Crippen LogP contribution in [0.3, 0.4) is 0 Å². The highest BCUT2D eigenvalue weighted by molar-refractivity contribution is 7.53. The first-order valence-electron chi connectivity index (χ1n) is 13.4. The zero-order valence-corrected chi connectivity index (χ0v) is 23.1. The first kappa shape index (κ1) is 32.5. The molecule has 5 nitrogen and oxygen atoms in total. The van der Waals surface area contributed by atoms with Crippen LogP contribution in [-0.2, 0) is 4.57 Å². The number of likely N-dealkylation sites (N-methyl/N-ethyl adjacent to an activating group) is 1. The maximum absolute atomic E-state index is 11.8. The van der Waals surface area contributed by atoms with E-state index in [0.29, 0.717) is 10.9 Å².